The van der Waals surface area contributed by atoms with Crippen LogP contribution >= 0.6 is 11.3 Å². The number of benzene rings is 1. The average molecular weight is 322 g/mol. The van der Waals surface area contributed by atoms with Gasteiger partial charge in [0.2, 0.25) is 15.9 Å². The van der Waals surface area contributed by atoms with Crippen molar-refractivity contribution in [1.29, 1.82) is 0 Å². The van der Waals surface area contributed by atoms with Gasteiger partial charge < -0.3 is 5.32 Å². The first-order valence-corrected chi connectivity index (χ1v) is 8.45. The average Bonchev–Trinajstić information content (AvgIpc) is 2.90. The summed E-state index contributed by atoms with van der Waals surface area (Å²) < 4.78 is 22.9. The number of primary sulfonamides is 1. The van der Waals surface area contributed by atoms with Crippen molar-refractivity contribution in [2.45, 2.75) is 11.8 Å². The molecule has 1 aromatic heterocycles. The quantitative estimate of drug-likeness (QED) is 0.847. The van der Waals surface area contributed by atoms with Gasteiger partial charge in [-0.2, -0.15) is 0 Å². The van der Waals surface area contributed by atoms with Crippen molar-refractivity contribution in [3.05, 3.63) is 52.2 Å². The highest BCUT2D eigenvalue weighted by Gasteiger charge is 2.14. The lowest BCUT2D eigenvalue weighted by Crippen LogP contribution is -2.16. The second-order valence-corrected chi connectivity index (χ2v) is 6.82. The molecule has 0 spiro atoms. The lowest BCUT2D eigenvalue weighted by atomic mass is 10.2. The number of thiophene rings is 1. The van der Waals surface area contributed by atoms with E-state index in [-0.39, 0.29) is 10.8 Å². The molecule has 1 amide bonds. The van der Waals surface area contributed by atoms with Crippen molar-refractivity contribution in [2.75, 3.05) is 5.32 Å². The Bertz CT molecular complexity index is 779. The third kappa shape index (κ3) is 4.01. The van der Waals surface area contributed by atoms with Crippen LogP contribution in [0, 0.1) is 6.92 Å². The third-order valence-corrected chi connectivity index (χ3v) is 4.68. The summed E-state index contributed by atoms with van der Waals surface area (Å²) in [5, 5.41) is 9.69. The third-order valence-electron chi connectivity index (χ3n) is 2.79. The van der Waals surface area contributed by atoms with Crippen LogP contribution in [0.4, 0.5) is 5.69 Å². The molecule has 2 rings (SSSR count). The van der Waals surface area contributed by atoms with Crippen LogP contribution in [-0.2, 0) is 14.8 Å². The molecule has 1 aromatic carbocycles. The highest BCUT2D eigenvalue weighted by atomic mass is 32.2. The van der Waals surface area contributed by atoms with Crippen molar-refractivity contribution in [3.63, 3.8) is 0 Å². The highest BCUT2D eigenvalue weighted by Crippen LogP contribution is 2.22. The number of carbonyl (C=O) groups is 1. The summed E-state index contributed by atoms with van der Waals surface area (Å²) in [6.07, 6.45) is 3.09. The van der Waals surface area contributed by atoms with Gasteiger partial charge in [0.1, 0.15) is 0 Å². The minimum Gasteiger partial charge on any atom is -0.322 e. The van der Waals surface area contributed by atoms with E-state index in [0.717, 1.165) is 4.88 Å². The summed E-state index contributed by atoms with van der Waals surface area (Å²) in [5.74, 6) is -0.335. The van der Waals surface area contributed by atoms with Crippen LogP contribution in [0.3, 0.4) is 0 Å². The van der Waals surface area contributed by atoms with Crippen molar-refractivity contribution in [2.24, 2.45) is 5.14 Å². The molecule has 0 unspecified atom stereocenters. The van der Waals surface area contributed by atoms with Crippen LogP contribution in [0.15, 0.2) is 46.7 Å². The Morgan fingerprint density at radius 2 is 2.05 bits per heavy atom. The van der Waals surface area contributed by atoms with Gasteiger partial charge >= 0.3 is 0 Å². The zero-order chi connectivity index (χ0) is 15.5. The molecule has 1 heterocycles. The van der Waals surface area contributed by atoms with Crippen molar-refractivity contribution in [1.82, 2.24) is 0 Å². The molecule has 21 heavy (non-hydrogen) atoms. The lowest BCUT2D eigenvalue weighted by Gasteiger charge is -2.09. The Kier molecular flexibility index (Phi) is 4.56. The topological polar surface area (TPSA) is 89.3 Å². The minimum absolute atomic E-state index is 0.00235. The molecule has 5 nitrogen and oxygen atoms in total. The summed E-state index contributed by atoms with van der Waals surface area (Å²) in [5.41, 5.74) is 0.834. The van der Waals surface area contributed by atoms with E-state index in [4.69, 9.17) is 5.14 Å². The maximum atomic E-state index is 11.8. The van der Waals surface area contributed by atoms with Gasteiger partial charge in [-0.25, -0.2) is 13.6 Å². The Morgan fingerprint density at radius 1 is 1.29 bits per heavy atom. The summed E-state index contributed by atoms with van der Waals surface area (Å²) in [7, 11) is -3.81. The molecule has 0 saturated carbocycles. The molecular weight excluding hydrogens is 308 g/mol. The van der Waals surface area contributed by atoms with Crippen LogP contribution in [0.25, 0.3) is 6.08 Å². The van der Waals surface area contributed by atoms with Gasteiger partial charge in [-0.1, -0.05) is 12.1 Å². The maximum Gasteiger partial charge on any atom is 0.248 e. The molecular formula is C14H14N2O3S2. The van der Waals surface area contributed by atoms with Gasteiger partial charge in [0, 0.05) is 16.6 Å². The van der Waals surface area contributed by atoms with Gasteiger partial charge in [-0.05, 0) is 42.1 Å². The number of amides is 1. The Labute approximate surface area is 127 Å². The summed E-state index contributed by atoms with van der Waals surface area (Å²) in [4.78, 5) is 12.8. The van der Waals surface area contributed by atoms with Crippen molar-refractivity contribution >= 4 is 39.0 Å². The molecule has 0 bridgehead atoms. The fourth-order valence-electron chi connectivity index (χ4n) is 1.78. The number of nitrogens with two attached hydrogens (primary N) is 1. The standard InChI is InChI=1S/C14H14N2O3S2/c1-10-12(5-2-6-13(10)21(15,18)19)16-14(17)8-7-11-4-3-9-20-11/h2-9H,1H3,(H,16,17)(H2,15,18,19)/b8-7+. The summed E-state index contributed by atoms with van der Waals surface area (Å²) >= 11 is 1.52. The molecule has 0 atom stereocenters. The molecule has 2 aromatic rings. The normalized spacial score (nSPS) is 11.7. The van der Waals surface area contributed by atoms with Crippen molar-refractivity contribution in [3.8, 4) is 0 Å². The number of carbonyl (C=O) groups excluding carboxylic acids is 1. The number of hydrogen-bond acceptors (Lipinski definition) is 4. The summed E-state index contributed by atoms with van der Waals surface area (Å²) in [6.45, 7) is 1.60. The maximum absolute atomic E-state index is 11.8. The van der Waals surface area contributed by atoms with Gasteiger partial charge in [-0.15, -0.1) is 11.3 Å². The first kappa shape index (κ1) is 15.4. The second-order valence-electron chi connectivity index (χ2n) is 4.31. The highest BCUT2D eigenvalue weighted by molar-refractivity contribution is 7.89. The van der Waals surface area contributed by atoms with E-state index in [1.165, 1.54) is 29.5 Å². The van der Waals surface area contributed by atoms with Crippen molar-refractivity contribution < 1.29 is 13.2 Å². The minimum atomic E-state index is -3.81. The molecule has 110 valence electrons. The number of rotatable bonds is 4. The zero-order valence-corrected chi connectivity index (χ0v) is 12.9. The first-order chi connectivity index (χ1) is 9.88. The lowest BCUT2D eigenvalue weighted by molar-refractivity contribution is -0.111. The molecule has 7 heteroatoms. The second kappa shape index (κ2) is 6.21. The number of anilines is 1. The van der Waals surface area contributed by atoms with Crippen LogP contribution in [0.1, 0.15) is 10.4 Å². The number of sulfonamides is 1. The Hall–Kier alpha value is -1.96. The molecule has 0 aliphatic carbocycles. The Balaban J connectivity index is 2.19. The summed E-state index contributed by atoms with van der Waals surface area (Å²) in [6, 6.07) is 8.34. The van der Waals surface area contributed by atoms with E-state index >= 15 is 0 Å². The zero-order valence-electron chi connectivity index (χ0n) is 11.2. The SMILES string of the molecule is Cc1c(NC(=O)/C=C/c2cccs2)cccc1S(N)(=O)=O. The van der Waals surface area contributed by atoms with E-state index in [1.54, 1.807) is 19.1 Å². The van der Waals surface area contributed by atoms with Gasteiger partial charge in [0.05, 0.1) is 4.90 Å². The van der Waals surface area contributed by atoms with E-state index in [1.807, 2.05) is 17.5 Å². The molecule has 0 fully saturated rings. The van der Waals surface area contributed by atoms with E-state index < -0.39 is 10.0 Å². The number of nitrogens with one attached hydrogen (secondary N) is 1. The molecule has 0 aliphatic rings. The van der Waals surface area contributed by atoms with E-state index in [9.17, 15) is 13.2 Å². The molecule has 0 aliphatic heterocycles. The predicted octanol–water partition coefficient (Wildman–Crippen LogP) is 2.36. The number of hydrogen-bond donors (Lipinski definition) is 2. The van der Waals surface area contributed by atoms with Gasteiger partial charge in [0.15, 0.2) is 0 Å². The fourth-order valence-corrected chi connectivity index (χ4v) is 3.20. The largest absolute Gasteiger partial charge is 0.322 e. The molecule has 0 radical (unpaired) electrons. The molecule has 0 saturated heterocycles. The monoisotopic (exact) mass is 322 g/mol. The van der Waals surface area contributed by atoms with Crippen LogP contribution in [0.2, 0.25) is 0 Å². The Morgan fingerprint density at radius 3 is 2.67 bits per heavy atom. The smallest absolute Gasteiger partial charge is 0.248 e. The van der Waals surface area contributed by atoms with Crippen LogP contribution < -0.4 is 10.5 Å². The van der Waals surface area contributed by atoms with Gasteiger partial charge in [-0.3, -0.25) is 4.79 Å². The van der Waals surface area contributed by atoms with Crippen LogP contribution in [0.5, 0.6) is 0 Å². The predicted molar refractivity (Wildman–Crippen MR) is 84.5 cm³/mol. The molecule has 3 N–H and O–H groups in total. The first-order valence-electron chi connectivity index (χ1n) is 6.03. The van der Waals surface area contributed by atoms with Gasteiger partial charge in [0.25, 0.3) is 0 Å². The fraction of sp³-hybridized carbons (Fsp3) is 0.0714. The van der Waals surface area contributed by atoms with E-state index in [0.29, 0.717) is 11.3 Å². The van der Waals surface area contributed by atoms with E-state index in [2.05, 4.69) is 5.32 Å². The van der Waals surface area contributed by atoms with Crippen LogP contribution in [-0.4, -0.2) is 14.3 Å².